The Labute approximate surface area is 92.9 Å². The quantitative estimate of drug-likeness (QED) is 0.668. The second kappa shape index (κ2) is 4.64. The normalized spacial score (nSPS) is 11.7. The second-order valence-corrected chi connectivity index (χ2v) is 2.97. The lowest BCUT2D eigenvalue weighted by molar-refractivity contribution is -0.137. The van der Waals surface area contributed by atoms with Crippen LogP contribution >= 0.6 is 0 Å². The van der Waals surface area contributed by atoms with Gasteiger partial charge in [-0.15, -0.1) is 0 Å². The maximum atomic E-state index is 12.4. The molecule has 0 aliphatic heterocycles. The largest absolute Gasteiger partial charge is 0.493 e. The molecule has 3 nitrogen and oxygen atoms in total. The highest BCUT2D eigenvalue weighted by molar-refractivity contribution is 5.59. The minimum atomic E-state index is -4.69. The van der Waals surface area contributed by atoms with E-state index >= 15 is 0 Å². The SMILES string of the molecule is COc1cc(C(F)(F)F)c(N)cc1OC(F)F. The van der Waals surface area contributed by atoms with Crippen molar-refractivity contribution in [2.75, 3.05) is 12.8 Å². The molecule has 0 aliphatic rings. The Morgan fingerprint density at radius 2 is 1.76 bits per heavy atom. The third-order valence-corrected chi connectivity index (χ3v) is 1.86. The van der Waals surface area contributed by atoms with Gasteiger partial charge in [-0.1, -0.05) is 0 Å². The van der Waals surface area contributed by atoms with Crippen LogP contribution in [0.25, 0.3) is 0 Å². The van der Waals surface area contributed by atoms with Gasteiger partial charge in [0.15, 0.2) is 11.5 Å². The summed E-state index contributed by atoms with van der Waals surface area (Å²) in [6.07, 6.45) is -4.69. The molecule has 0 unspecified atom stereocenters. The third kappa shape index (κ3) is 3.11. The van der Waals surface area contributed by atoms with E-state index in [0.29, 0.717) is 12.1 Å². The van der Waals surface area contributed by atoms with E-state index < -0.39 is 35.5 Å². The van der Waals surface area contributed by atoms with Gasteiger partial charge >= 0.3 is 12.8 Å². The fourth-order valence-corrected chi connectivity index (χ4v) is 1.17. The Morgan fingerprint density at radius 1 is 1.18 bits per heavy atom. The van der Waals surface area contributed by atoms with Gasteiger partial charge in [0, 0.05) is 11.8 Å². The van der Waals surface area contributed by atoms with Crippen molar-refractivity contribution >= 4 is 5.69 Å². The molecule has 0 heterocycles. The van der Waals surface area contributed by atoms with E-state index in [1.807, 2.05) is 0 Å². The van der Waals surface area contributed by atoms with Crippen LogP contribution in [0.4, 0.5) is 27.6 Å². The number of anilines is 1. The summed E-state index contributed by atoms with van der Waals surface area (Å²) in [6, 6.07) is 1.15. The van der Waals surface area contributed by atoms with Crippen molar-refractivity contribution in [1.82, 2.24) is 0 Å². The molecule has 0 bridgehead atoms. The molecule has 1 aromatic rings. The lowest BCUT2D eigenvalue weighted by Crippen LogP contribution is -2.11. The molecule has 0 atom stereocenters. The lowest BCUT2D eigenvalue weighted by atomic mass is 10.1. The van der Waals surface area contributed by atoms with E-state index in [1.165, 1.54) is 0 Å². The third-order valence-electron chi connectivity index (χ3n) is 1.86. The summed E-state index contributed by atoms with van der Waals surface area (Å²) in [7, 11) is 1.03. The highest BCUT2D eigenvalue weighted by Gasteiger charge is 2.34. The molecule has 2 N–H and O–H groups in total. The van der Waals surface area contributed by atoms with Crippen molar-refractivity contribution in [3.05, 3.63) is 17.7 Å². The molecule has 96 valence electrons. The van der Waals surface area contributed by atoms with Crippen LogP contribution in [-0.4, -0.2) is 13.7 Å². The summed E-state index contributed by atoms with van der Waals surface area (Å²) in [5, 5.41) is 0. The number of alkyl halides is 5. The second-order valence-electron chi connectivity index (χ2n) is 2.97. The zero-order chi connectivity index (χ0) is 13.2. The Hall–Kier alpha value is -1.73. The average Bonchev–Trinajstić information content (AvgIpc) is 2.14. The first kappa shape index (κ1) is 13.3. The zero-order valence-corrected chi connectivity index (χ0v) is 8.52. The number of ether oxygens (including phenoxy) is 2. The van der Waals surface area contributed by atoms with Crippen LogP contribution in [-0.2, 0) is 6.18 Å². The average molecular weight is 257 g/mol. The minimum absolute atomic E-state index is 0.466. The van der Waals surface area contributed by atoms with Gasteiger partial charge < -0.3 is 15.2 Å². The van der Waals surface area contributed by atoms with Crippen molar-refractivity contribution in [3.8, 4) is 11.5 Å². The van der Waals surface area contributed by atoms with Gasteiger partial charge in [0.2, 0.25) is 0 Å². The fraction of sp³-hybridized carbons (Fsp3) is 0.333. The van der Waals surface area contributed by atoms with Gasteiger partial charge in [0.1, 0.15) is 0 Å². The van der Waals surface area contributed by atoms with E-state index in [4.69, 9.17) is 5.73 Å². The molecule has 17 heavy (non-hydrogen) atoms. The summed E-state index contributed by atoms with van der Waals surface area (Å²) in [6.45, 7) is -3.18. The Morgan fingerprint density at radius 3 is 2.18 bits per heavy atom. The van der Waals surface area contributed by atoms with Crippen molar-refractivity contribution in [3.63, 3.8) is 0 Å². The first-order valence-electron chi connectivity index (χ1n) is 4.25. The predicted molar refractivity (Wildman–Crippen MR) is 49.0 cm³/mol. The number of hydrogen-bond acceptors (Lipinski definition) is 3. The molecule has 1 rings (SSSR count). The standard InChI is InChI=1S/C9H8F5NO2/c1-16-6-2-4(9(12,13)14)5(15)3-7(6)17-8(10)11/h2-3,8H,15H2,1H3. The monoisotopic (exact) mass is 257 g/mol. The summed E-state index contributed by atoms with van der Waals surface area (Å²) in [5.41, 5.74) is 3.22. The number of halogens is 5. The summed E-state index contributed by atoms with van der Waals surface area (Å²) < 4.78 is 69.7. The number of rotatable bonds is 3. The van der Waals surface area contributed by atoms with Crippen molar-refractivity contribution in [2.45, 2.75) is 12.8 Å². The van der Waals surface area contributed by atoms with Crippen LogP contribution in [0.2, 0.25) is 0 Å². The lowest BCUT2D eigenvalue weighted by Gasteiger charge is -2.15. The summed E-state index contributed by atoms with van der Waals surface area (Å²) in [5.74, 6) is -1.01. The molecular formula is C9H8F5NO2. The van der Waals surface area contributed by atoms with Gasteiger partial charge in [0.05, 0.1) is 12.7 Å². The number of nitrogen functional groups attached to an aromatic ring is 1. The smallest absolute Gasteiger partial charge is 0.418 e. The highest BCUT2D eigenvalue weighted by Crippen LogP contribution is 2.40. The Kier molecular flexibility index (Phi) is 3.64. The Bertz CT molecular complexity index is 405. The van der Waals surface area contributed by atoms with Gasteiger partial charge in [0.25, 0.3) is 0 Å². The van der Waals surface area contributed by atoms with E-state index in [-0.39, 0.29) is 0 Å². The van der Waals surface area contributed by atoms with Crippen molar-refractivity contribution < 1.29 is 31.4 Å². The topological polar surface area (TPSA) is 44.5 Å². The maximum absolute atomic E-state index is 12.4. The van der Waals surface area contributed by atoms with Gasteiger partial charge in [-0.3, -0.25) is 0 Å². The summed E-state index contributed by atoms with van der Waals surface area (Å²) in [4.78, 5) is 0. The predicted octanol–water partition coefficient (Wildman–Crippen LogP) is 2.90. The number of benzene rings is 1. The van der Waals surface area contributed by atoms with Gasteiger partial charge in [-0.25, -0.2) is 0 Å². The van der Waals surface area contributed by atoms with Gasteiger partial charge in [-0.2, -0.15) is 22.0 Å². The first-order chi connectivity index (χ1) is 7.75. The highest BCUT2D eigenvalue weighted by atomic mass is 19.4. The molecule has 1 aromatic carbocycles. The van der Waals surface area contributed by atoms with Crippen molar-refractivity contribution in [1.29, 1.82) is 0 Å². The molecular weight excluding hydrogens is 249 g/mol. The molecule has 0 radical (unpaired) electrons. The van der Waals surface area contributed by atoms with E-state index in [1.54, 1.807) is 0 Å². The van der Waals surface area contributed by atoms with Crippen LogP contribution in [0.1, 0.15) is 5.56 Å². The van der Waals surface area contributed by atoms with Crippen LogP contribution in [0, 0.1) is 0 Å². The van der Waals surface area contributed by atoms with Crippen LogP contribution in [0.15, 0.2) is 12.1 Å². The molecule has 0 fully saturated rings. The maximum Gasteiger partial charge on any atom is 0.418 e. The zero-order valence-electron chi connectivity index (χ0n) is 8.52. The number of methoxy groups -OCH3 is 1. The molecule has 0 amide bonds. The summed E-state index contributed by atoms with van der Waals surface area (Å²) >= 11 is 0. The molecule has 0 aromatic heterocycles. The van der Waals surface area contributed by atoms with E-state index in [0.717, 1.165) is 7.11 Å². The van der Waals surface area contributed by atoms with E-state index in [9.17, 15) is 22.0 Å². The number of hydrogen-bond donors (Lipinski definition) is 1. The minimum Gasteiger partial charge on any atom is -0.493 e. The fourth-order valence-electron chi connectivity index (χ4n) is 1.17. The van der Waals surface area contributed by atoms with Crippen molar-refractivity contribution in [2.24, 2.45) is 0 Å². The molecule has 0 saturated heterocycles. The van der Waals surface area contributed by atoms with Crippen LogP contribution in [0.5, 0.6) is 11.5 Å². The van der Waals surface area contributed by atoms with Crippen LogP contribution < -0.4 is 15.2 Å². The van der Waals surface area contributed by atoms with Gasteiger partial charge in [-0.05, 0) is 6.07 Å². The Balaban J connectivity index is 3.25. The molecule has 8 heteroatoms. The number of nitrogens with two attached hydrogens (primary N) is 1. The first-order valence-corrected chi connectivity index (χ1v) is 4.25. The molecule has 0 spiro atoms. The van der Waals surface area contributed by atoms with E-state index in [2.05, 4.69) is 9.47 Å². The molecule has 0 aliphatic carbocycles. The van der Waals surface area contributed by atoms with Crippen LogP contribution in [0.3, 0.4) is 0 Å². The molecule has 0 saturated carbocycles.